The van der Waals surface area contributed by atoms with E-state index >= 15 is 0 Å². The van der Waals surface area contributed by atoms with Crippen molar-refractivity contribution in [2.45, 2.75) is 32.4 Å². The Morgan fingerprint density at radius 3 is 2.67 bits per heavy atom. The number of carbonyl (C=O) groups is 2. The van der Waals surface area contributed by atoms with Crippen molar-refractivity contribution < 1.29 is 9.59 Å². The van der Waals surface area contributed by atoms with E-state index in [0.717, 1.165) is 29.7 Å². The van der Waals surface area contributed by atoms with Gasteiger partial charge in [0.15, 0.2) is 5.69 Å². The van der Waals surface area contributed by atoms with Crippen molar-refractivity contribution in [3.63, 3.8) is 0 Å². The highest BCUT2D eigenvalue weighted by Crippen LogP contribution is 2.33. The van der Waals surface area contributed by atoms with Crippen molar-refractivity contribution in [1.29, 1.82) is 0 Å². The second-order valence-corrected chi connectivity index (χ2v) is 7.97. The van der Waals surface area contributed by atoms with Crippen molar-refractivity contribution in [3.8, 4) is 0 Å². The van der Waals surface area contributed by atoms with Gasteiger partial charge in [-0.2, -0.15) is 0 Å². The van der Waals surface area contributed by atoms with Crippen LogP contribution in [-0.4, -0.2) is 51.8 Å². The number of rotatable bonds is 4. The van der Waals surface area contributed by atoms with Gasteiger partial charge < -0.3 is 19.5 Å². The van der Waals surface area contributed by atoms with Crippen LogP contribution in [0.4, 0.5) is 4.79 Å². The number of fused-ring (bicyclic) bond motifs is 1. The number of imidazole rings is 1. The third-order valence-corrected chi connectivity index (χ3v) is 5.54. The molecule has 30 heavy (non-hydrogen) atoms. The molecule has 1 fully saturated rings. The lowest BCUT2D eigenvalue weighted by molar-refractivity contribution is 0.0948. The lowest BCUT2D eigenvalue weighted by Gasteiger charge is -2.27. The average Bonchev–Trinajstić information content (AvgIpc) is 3.37. The maximum Gasteiger partial charge on any atom is 0.320 e. The Labute approximate surface area is 176 Å². The number of nitrogens with zero attached hydrogens (tertiary/aromatic N) is 4. The monoisotopic (exact) mass is 405 g/mol. The van der Waals surface area contributed by atoms with Gasteiger partial charge in [-0.25, -0.2) is 9.78 Å². The number of pyridine rings is 1. The first-order chi connectivity index (χ1) is 14.5. The maximum atomic E-state index is 13.0. The van der Waals surface area contributed by atoms with Gasteiger partial charge in [-0.15, -0.1) is 0 Å². The van der Waals surface area contributed by atoms with Gasteiger partial charge in [-0.3, -0.25) is 4.79 Å². The van der Waals surface area contributed by atoms with Crippen LogP contribution >= 0.6 is 0 Å². The Morgan fingerprint density at radius 1 is 1.17 bits per heavy atom. The van der Waals surface area contributed by atoms with Crippen LogP contribution in [0.15, 0.2) is 48.7 Å². The Bertz CT molecular complexity index is 1070. The molecule has 0 aliphatic carbocycles. The van der Waals surface area contributed by atoms with E-state index in [1.165, 1.54) is 5.56 Å². The lowest BCUT2D eigenvalue weighted by Crippen LogP contribution is -2.39. The zero-order valence-electron chi connectivity index (χ0n) is 17.6. The second kappa shape index (κ2) is 8.18. The van der Waals surface area contributed by atoms with Crippen molar-refractivity contribution in [2.75, 3.05) is 20.6 Å². The highest BCUT2D eigenvalue weighted by atomic mass is 16.2. The minimum absolute atomic E-state index is 0.0319. The number of aryl methyl sites for hydroxylation is 1. The smallest absolute Gasteiger partial charge is 0.320 e. The third-order valence-electron chi connectivity index (χ3n) is 5.54. The number of carbonyl (C=O) groups excluding carboxylic acids is 2. The topological polar surface area (TPSA) is 70.0 Å². The van der Waals surface area contributed by atoms with Crippen LogP contribution in [-0.2, 0) is 6.54 Å². The summed E-state index contributed by atoms with van der Waals surface area (Å²) in [6.45, 7) is 3.17. The molecule has 2 aromatic heterocycles. The molecular formula is C23H27N5O2. The van der Waals surface area contributed by atoms with Crippen LogP contribution in [0, 0.1) is 6.92 Å². The van der Waals surface area contributed by atoms with Crippen LogP contribution in [0.5, 0.6) is 0 Å². The summed E-state index contributed by atoms with van der Waals surface area (Å²) in [5.74, 6) is 0.521. The van der Waals surface area contributed by atoms with Crippen LogP contribution < -0.4 is 5.32 Å². The van der Waals surface area contributed by atoms with Gasteiger partial charge >= 0.3 is 6.03 Å². The Hall–Kier alpha value is -3.35. The molecule has 1 N–H and O–H groups in total. The van der Waals surface area contributed by atoms with Gasteiger partial charge in [0, 0.05) is 33.4 Å². The molecular weight excluding hydrogens is 378 g/mol. The number of nitrogens with one attached hydrogen (secondary N) is 1. The molecule has 7 heteroatoms. The number of hydrogen-bond acceptors (Lipinski definition) is 3. The highest BCUT2D eigenvalue weighted by Gasteiger charge is 2.34. The quantitative estimate of drug-likeness (QED) is 0.723. The normalized spacial score (nSPS) is 16.1. The van der Waals surface area contributed by atoms with Crippen LogP contribution in [0.2, 0.25) is 0 Å². The Balaban J connectivity index is 1.63. The van der Waals surface area contributed by atoms with Gasteiger partial charge in [-0.1, -0.05) is 35.9 Å². The van der Waals surface area contributed by atoms with E-state index < -0.39 is 0 Å². The Kier molecular flexibility index (Phi) is 5.44. The molecule has 0 bridgehead atoms. The first kappa shape index (κ1) is 19.9. The van der Waals surface area contributed by atoms with Crippen molar-refractivity contribution in [3.05, 3.63) is 71.3 Å². The molecule has 0 radical (unpaired) electrons. The molecule has 1 aliphatic rings. The molecule has 1 unspecified atom stereocenters. The number of benzene rings is 1. The summed E-state index contributed by atoms with van der Waals surface area (Å²) in [5.41, 5.74) is 3.36. The van der Waals surface area contributed by atoms with Crippen LogP contribution in [0.25, 0.3) is 5.52 Å². The molecule has 7 nitrogen and oxygen atoms in total. The zero-order valence-corrected chi connectivity index (χ0v) is 17.6. The van der Waals surface area contributed by atoms with Gasteiger partial charge in [0.2, 0.25) is 0 Å². The summed E-state index contributed by atoms with van der Waals surface area (Å²) in [5, 5.41) is 2.98. The standard InChI is InChI=1S/C23H27N5O2/c1-16-9-11-17(12-10-16)15-24-22(29)20-18-7-4-5-13-27(18)21(25-20)19-8-6-14-28(19)23(30)26(2)3/h4-5,7,9-13,19H,6,8,14-15H2,1-3H3,(H,24,29). The van der Waals surface area contributed by atoms with E-state index in [-0.39, 0.29) is 18.0 Å². The van der Waals surface area contributed by atoms with Gasteiger partial charge in [0.1, 0.15) is 5.82 Å². The second-order valence-electron chi connectivity index (χ2n) is 7.97. The molecule has 3 aromatic rings. The number of aromatic nitrogens is 2. The number of hydrogen-bond donors (Lipinski definition) is 1. The van der Waals surface area contributed by atoms with E-state index in [1.54, 1.807) is 19.0 Å². The molecule has 1 aromatic carbocycles. The number of urea groups is 1. The first-order valence-electron chi connectivity index (χ1n) is 10.2. The lowest BCUT2D eigenvalue weighted by atomic mass is 10.1. The third kappa shape index (κ3) is 3.75. The number of amides is 3. The van der Waals surface area contributed by atoms with E-state index in [2.05, 4.69) is 5.32 Å². The van der Waals surface area contributed by atoms with Gasteiger partial charge in [0.05, 0.1) is 11.6 Å². The van der Waals surface area contributed by atoms with Gasteiger partial charge in [-0.05, 0) is 37.5 Å². The van der Waals surface area contributed by atoms with E-state index in [4.69, 9.17) is 4.98 Å². The average molecular weight is 406 g/mol. The predicted molar refractivity (Wildman–Crippen MR) is 115 cm³/mol. The van der Waals surface area contributed by atoms with Crippen molar-refractivity contribution in [2.24, 2.45) is 0 Å². The summed E-state index contributed by atoms with van der Waals surface area (Å²) >= 11 is 0. The number of likely N-dealkylation sites (tertiary alicyclic amines) is 1. The fraction of sp³-hybridized carbons (Fsp3) is 0.348. The highest BCUT2D eigenvalue weighted by molar-refractivity contribution is 5.99. The summed E-state index contributed by atoms with van der Waals surface area (Å²) in [6, 6.07) is 13.6. The maximum absolute atomic E-state index is 13.0. The van der Waals surface area contributed by atoms with E-state index in [1.807, 2.05) is 64.9 Å². The molecule has 3 amide bonds. The molecule has 1 saturated heterocycles. The minimum Gasteiger partial charge on any atom is -0.347 e. The molecule has 0 saturated carbocycles. The summed E-state index contributed by atoms with van der Waals surface area (Å²) in [7, 11) is 3.51. The first-order valence-corrected chi connectivity index (χ1v) is 10.2. The van der Waals surface area contributed by atoms with Gasteiger partial charge in [0.25, 0.3) is 5.91 Å². The molecule has 1 atom stereocenters. The molecule has 3 heterocycles. The van der Waals surface area contributed by atoms with Crippen LogP contribution in [0.3, 0.4) is 0 Å². The van der Waals surface area contributed by atoms with Crippen molar-refractivity contribution >= 4 is 17.5 Å². The fourth-order valence-electron chi connectivity index (χ4n) is 3.96. The van der Waals surface area contributed by atoms with Crippen molar-refractivity contribution in [1.82, 2.24) is 24.5 Å². The largest absolute Gasteiger partial charge is 0.347 e. The SMILES string of the molecule is Cc1ccc(CNC(=O)c2nc(C3CCCN3C(=O)N(C)C)n3ccccc23)cc1. The fourth-order valence-corrected chi connectivity index (χ4v) is 3.96. The minimum atomic E-state index is -0.214. The zero-order chi connectivity index (χ0) is 21.3. The summed E-state index contributed by atoms with van der Waals surface area (Å²) < 4.78 is 1.94. The molecule has 0 spiro atoms. The van der Waals surface area contributed by atoms with Crippen LogP contribution in [0.1, 0.15) is 46.3 Å². The van der Waals surface area contributed by atoms with E-state index in [9.17, 15) is 9.59 Å². The molecule has 4 rings (SSSR count). The summed E-state index contributed by atoms with van der Waals surface area (Å²) in [6.07, 6.45) is 3.66. The van der Waals surface area contributed by atoms with E-state index in [0.29, 0.717) is 18.8 Å². The molecule has 156 valence electrons. The summed E-state index contributed by atoms with van der Waals surface area (Å²) in [4.78, 5) is 33.8. The molecule has 1 aliphatic heterocycles. The predicted octanol–water partition coefficient (Wildman–Crippen LogP) is 3.39. The Morgan fingerprint density at radius 2 is 1.93 bits per heavy atom.